The molecule has 0 spiro atoms. The third kappa shape index (κ3) is 2.39. The van der Waals surface area contributed by atoms with Gasteiger partial charge in [-0.3, -0.25) is 0 Å². The largest absolute Gasteiger partial charge is 0.379 e. The van der Waals surface area contributed by atoms with E-state index in [4.69, 9.17) is 9.47 Å². The van der Waals surface area contributed by atoms with Crippen LogP contribution in [0, 0.1) is 5.41 Å². The van der Waals surface area contributed by atoms with Crippen molar-refractivity contribution in [2.75, 3.05) is 19.8 Å². The lowest BCUT2D eigenvalue weighted by Crippen LogP contribution is -2.51. The molecule has 0 saturated carbocycles. The smallest absolute Gasteiger partial charge is 0.250 e. The van der Waals surface area contributed by atoms with Gasteiger partial charge < -0.3 is 9.47 Å². The van der Waals surface area contributed by atoms with E-state index in [9.17, 15) is 8.78 Å². The molecule has 0 amide bonds. The Labute approximate surface area is 93.2 Å². The van der Waals surface area contributed by atoms with E-state index in [1.165, 1.54) is 0 Å². The molecule has 88 valence electrons. The molecular weight excluding hydrogens is 214 g/mol. The van der Waals surface area contributed by atoms with Crippen LogP contribution in [0.4, 0.5) is 8.78 Å². The summed E-state index contributed by atoms with van der Waals surface area (Å²) >= 11 is 0. The molecule has 4 heteroatoms. The number of hydrogen-bond donors (Lipinski definition) is 0. The molecule has 16 heavy (non-hydrogen) atoms. The van der Waals surface area contributed by atoms with E-state index in [1.54, 1.807) is 0 Å². The Morgan fingerprint density at radius 3 is 2.44 bits per heavy atom. The first-order chi connectivity index (χ1) is 7.73. The van der Waals surface area contributed by atoms with Crippen LogP contribution in [0.3, 0.4) is 0 Å². The number of rotatable bonds is 5. The maximum atomic E-state index is 12.7. The first kappa shape index (κ1) is 11.5. The van der Waals surface area contributed by atoms with Crippen LogP contribution in [0.5, 0.6) is 0 Å². The summed E-state index contributed by atoms with van der Waals surface area (Å²) < 4.78 is 35.6. The summed E-state index contributed by atoms with van der Waals surface area (Å²) in [5.41, 5.74) is -0.0819. The molecule has 2 nitrogen and oxygen atoms in total. The number of benzene rings is 1. The van der Waals surface area contributed by atoms with Gasteiger partial charge in [0.1, 0.15) is 5.41 Å². The van der Waals surface area contributed by atoms with Crippen LogP contribution in [-0.2, 0) is 16.1 Å². The van der Waals surface area contributed by atoms with Gasteiger partial charge in [-0.2, -0.15) is 0 Å². The van der Waals surface area contributed by atoms with Crippen LogP contribution in [0.1, 0.15) is 5.56 Å². The van der Waals surface area contributed by atoms with Crippen molar-refractivity contribution in [3.63, 3.8) is 0 Å². The van der Waals surface area contributed by atoms with Crippen molar-refractivity contribution in [1.29, 1.82) is 0 Å². The van der Waals surface area contributed by atoms with E-state index in [2.05, 4.69) is 0 Å². The van der Waals surface area contributed by atoms with Crippen molar-refractivity contribution in [2.24, 2.45) is 5.41 Å². The third-order valence-electron chi connectivity index (χ3n) is 2.74. The maximum absolute atomic E-state index is 12.7. The molecule has 1 aromatic carbocycles. The molecular formula is C12H14F2O2. The molecule has 0 radical (unpaired) electrons. The lowest BCUT2D eigenvalue weighted by atomic mass is 9.87. The maximum Gasteiger partial charge on any atom is 0.250 e. The topological polar surface area (TPSA) is 18.5 Å². The van der Waals surface area contributed by atoms with E-state index < -0.39 is 11.8 Å². The van der Waals surface area contributed by atoms with Crippen molar-refractivity contribution < 1.29 is 18.3 Å². The average molecular weight is 228 g/mol. The Morgan fingerprint density at radius 1 is 1.25 bits per heavy atom. The van der Waals surface area contributed by atoms with Gasteiger partial charge in [-0.05, 0) is 5.56 Å². The van der Waals surface area contributed by atoms with E-state index in [0.29, 0.717) is 6.61 Å². The Morgan fingerprint density at radius 2 is 1.94 bits per heavy atom. The van der Waals surface area contributed by atoms with E-state index in [0.717, 1.165) is 5.56 Å². The van der Waals surface area contributed by atoms with Gasteiger partial charge in [0.05, 0.1) is 26.4 Å². The van der Waals surface area contributed by atoms with Gasteiger partial charge in [0.25, 0.3) is 6.43 Å². The van der Waals surface area contributed by atoms with Crippen LogP contribution in [-0.4, -0.2) is 26.2 Å². The van der Waals surface area contributed by atoms with Gasteiger partial charge in [0, 0.05) is 0 Å². The van der Waals surface area contributed by atoms with Crippen LogP contribution >= 0.6 is 0 Å². The third-order valence-corrected chi connectivity index (χ3v) is 2.74. The van der Waals surface area contributed by atoms with Crippen molar-refractivity contribution in [2.45, 2.75) is 13.0 Å². The SMILES string of the molecule is FC(F)C1(COCc2ccccc2)COC1. The van der Waals surface area contributed by atoms with Crippen LogP contribution in [0.25, 0.3) is 0 Å². The second kappa shape index (κ2) is 4.89. The molecule has 1 saturated heterocycles. The molecule has 0 N–H and O–H groups in total. The van der Waals surface area contributed by atoms with Crippen LogP contribution in [0.2, 0.25) is 0 Å². The quantitative estimate of drug-likeness (QED) is 0.770. The molecule has 0 atom stereocenters. The van der Waals surface area contributed by atoms with E-state index >= 15 is 0 Å². The fraction of sp³-hybridized carbons (Fsp3) is 0.500. The number of alkyl halides is 2. The first-order valence-electron chi connectivity index (χ1n) is 5.20. The molecule has 1 aromatic rings. The number of ether oxygens (including phenoxy) is 2. The van der Waals surface area contributed by atoms with Crippen molar-refractivity contribution in [1.82, 2.24) is 0 Å². The summed E-state index contributed by atoms with van der Waals surface area (Å²) in [5.74, 6) is 0. The zero-order chi connectivity index (χ0) is 11.4. The van der Waals surface area contributed by atoms with Gasteiger partial charge in [0.2, 0.25) is 0 Å². The van der Waals surface area contributed by atoms with Gasteiger partial charge in [-0.1, -0.05) is 30.3 Å². The number of hydrogen-bond acceptors (Lipinski definition) is 2. The fourth-order valence-corrected chi connectivity index (χ4v) is 1.58. The minimum absolute atomic E-state index is 0.0551. The fourth-order valence-electron chi connectivity index (χ4n) is 1.58. The van der Waals surface area contributed by atoms with Gasteiger partial charge >= 0.3 is 0 Å². The first-order valence-corrected chi connectivity index (χ1v) is 5.20. The highest BCUT2D eigenvalue weighted by molar-refractivity contribution is 5.13. The minimum atomic E-state index is -2.38. The molecule has 1 aliphatic rings. The normalized spacial score (nSPS) is 18.4. The van der Waals surface area contributed by atoms with Gasteiger partial charge in [-0.15, -0.1) is 0 Å². The highest BCUT2D eigenvalue weighted by atomic mass is 19.3. The molecule has 0 aliphatic carbocycles. The molecule has 0 unspecified atom stereocenters. The second-order valence-electron chi connectivity index (χ2n) is 4.13. The molecule has 2 rings (SSSR count). The Kier molecular flexibility index (Phi) is 3.51. The predicted molar refractivity (Wildman–Crippen MR) is 55.4 cm³/mol. The van der Waals surface area contributed by atoms with Gasteiger partial charge in [-0.25, -0.2) is 8.78 Å². The molecule has 0 bridgehead atoms. The highest BCUT2D eigenvalue weighted by Crippen LogP contribution is 2.34. The van der Waals surface area contributed by atoms with Crippen molar-refractivity contribution >= 4 is 0 Å². The van der Waals surface area contributed by atoms with E-state index in [-0.39, 0.29) is 19.8 Å². The molecule has 1 heterocycles. The Balaban J connectivity index is 1.79. The summed E-state index contributed by atoms with van der Waals surface area (Å²) in [6, 6.07) is 9.52. The lowest BCUT2D eigenvalue weighted by molar-refractivity contribution is -0.212. The summed E-state index contributed by atoms with van der Waals surface area (Å²) in [6.45, 7) is 0.619. The van der Waals surface area contributed by atoms with Gasteiger partial charge in [0.15, 0.2) is 0 Å². The average Bonchev–Trinajstić information content (AvgIpc) is 2.23. The van der Waals surface area contributed by atoms with Crippen molar-refractivity contribution in [3.05, 3.63) is 35.9 Å². The van der Waals surface area contributed by atoms with E-state index in [1.807, 2.05) is 30.3 Å². The summed E-state index contributed by atoms with van der Waals surface area (Å²) in [4.78, 5) is 0. The summed E-state index contributed by atoms with van der Waals surface area (Å²) in [5, 5.41) is 0. The highest BCUT2D eigenvalue weighted by Gasteiger charge is 2.47. The Hall–Kier alpha value is -1.00. The predicted octanol–water partition coefficient (Wildman–Crippen LogP) is 2.48. The monoisotopic (exact) mass is 228 g/mol. The van der Waals surface area contributed by atoms with Crippen LogP contribution < -0.4 is 0 Å². The zero-order valence-corrected chi connectivity index (χ0v) is 8.86. The molecule has 0 aromatic heterocycles. The van der Waals surface area contributed by atoms with Crippen LogP contribution in [0.15, 0.2) is 30.3 Å². The minimum Gasteiger partial charge on any atom is -0.379 e. The van der Waals surface area contributed by atoms with Crippen molar-refractivity contribution in [3.8, 4) is 0 Å². The lowest BCUT2D eigenvalue weighted by Gasteiger charge is -2.40. The number of halogens is 2. The molecule has 1 fully saturated rings. The summed E-state index contributed by atoms with van der Waals surface area (Å²) in [7, 11) is 0. The molecule has 1 aliphatic heterocycles. The Bertz CT molecular complexity index is 323. The summed E-state index contributed by atoms with van der Waals surface area (Å²) in [6.07, 6.45) is -2.38. The zero-order valence-electron chi connectivity index (χ0n) is 8.86. The standard InChI is InChI=1S/C12H14F2O2/c13-11(14)12(8-16-9-12)7-15-6-10-4-2-1-3-5-10/h1-5,11H,6-9H2. The second-order valence-corrected chi connectivity index (χ2v) is 4.13.